The van der Waals surface area contributed by atoms with Crippen molar-refractivity contribution in [1.82, 2.24) is 15.8 Å². The van der Waals surface area contributed by atoms with Crippen molar-refractivity contribution in [2.45, 2.75) is 24.6 Å². The van der Waals surface area contributed by atoms with Gasteiger partial charge in [-0.15, -0.1) is 24.0 Å². The number of aliphatic imine (C=N–C) groups is 1. The third-order valence-corrected chi connectivity index (χ3v) is 4.07. The van der Waals surface area contributed by atoms with E-state index >= 15 is 0 Å². The fraction of sp³-hybridized carbons (Fsp3) is 0.636. The highest BCUT2D eigenvalue weighted by molar-refractivity contribution is 14.0. The molecule has 0 aromatic carbocycles. The first-order valence-electron chi connectivity index (χ1n) is 5.84. The average molecular weight is 382 g/mol. The molecule has 1 aliphatic rings. The number of hydrogen-bond acceptors (Lipinski definition) is 4. The molecule has 5 nitrogen and oxygen atoms in total. The van der Waals surface area contributed by atoms with Gasteiger partial charge in [0.25, 0.3) is 0 Å². The Morgan fingerprint density at radius 2 is 2.50 bits per heavy atom. The second kappa shape index (κ2) is 8.63. The molecule has 0 bridgehead atoms. The van der Waals surface area contributed by atoms with Gasteiger partial charge in [0.2, 0.25) is 0 Å². The molecule has 0 spiro atoms. The minimum atomic E-state index is 0. The summed E-state index contributed by atoms with van der Waals surface area (Å²) in [7, 11) is 1.78. The van der Waals surface area contributed by atoms with Gasteiger partial charge >= 0.3 is 0 Å². The van der Waals surface area contributed by atoms with Crippen molar-refractivity contribution in [2.75, 3.05) is 19.3 Å². The molecule has 2 heterocycles. The molecule has 0 radical (unpaired) electrons. The lowest BCUT2D eigenvalue weighted by atomic mass is 10.2. The minimum Gasteiger partial charge on any atom is -0.364 e. The summed E-state index contributed by atoms with van der Waals surface area (Å²) in [5.41, 5.74) is 0.878. The zero-order chi connectivity index (χ0) is 11.9. The molecule has 0 aliphatic carbocycles. The van der Waals surface area contributed by atoms with Crippen LogP contribution in [0, 0.1) is 0 Å². The van der Waals surface area contributed by atoms with Crippen LogP contribution in [0.4, 0.5) is 0 Å². The maximum Gasteiger partial charge on any atom is 0.191 e. The van der Waals surface area contributed by atoms with E-state index < -0.39 is 0 Å². The van der Waals surface area contributed by atoms with Crippen molar-refractivity contribution in [2.24, 2.45) is 4.99 Å². The molecule has 1 aromatic rings. The van der Waals surface area contributed by atoms with E-state index in [1.54, 1.807) is 13.3 Å². The molecule has 1 saturated heterocycles. The highest BCUT2D eigenvalue weighted by Gasteiger charge is 2.15. The van der Waals surface area contributed by atoms with Crippen LogP contribution in [-0.2, 0) is 6.54 Å². The molecule has 0 saturated carbocycles. The van der Waals surface area contributed by atoms with E-state index in [4.69, 9.17) is 4.52 Å². The molecule has 1 aliphatic heterocycles. The van der Waals surface area contributed by atoms with Gasteiger partial charge in [-0.3, -0.25) is 4.99 Å². The Bertz CT molecular complexity index is 352. The summed E-state index contributed by atoms with van der Waals surface area (Å²) in [5.74, 6) is 2.11. The van der Waals surface area contributed by atoms with Crippen LogP contribution in [0.5, 0.6) is 0 Å². The standard InChI is InChI=1S/C11H18N4OS.HI/c1-12-11(13-7-9-4-5-16-15-9)14-8-10-3-2-6-17-10;/h4-5,10H,2-3,6-8H2,1H3,(H2,12,13,14);1H. The molecule has 0 amide bonds. The summed E-state index contributed by atoms with van der Waals surface area (Å²) < 4.78 is 4.77. The van der Waals surface area contributed by atoms with Crippen molar-refractivity contribution in [3.63, 3.8) is 0 Å². The first-order valence-corrected chi connectivity index (χ1v) is 6.89. The Kier molecular flexibility index (Phi) is 7.48. The molecule has 1 unspecified atom stereocenters. The summed E-state index contributed by atoms with van der Waals surface area (Å²) in [6.07, 6.45) is 4.21. The molecule has 2 rings (SSSR count). The lowest BCUT2D eigenvalue weighted by Crippen LogP contribution is -2.39. The minimum absolute atomic E-state index is 0. The Morgan fingerprint density at radius 3 is 3.11 bits per heavy atom. The third-order valence-electron chi connectivity index (χ3n) is 2.67. The van der Waals surface area contributed by atoms with E-state index in [1.807, 2.05) is 17.8 Å². The lowest BCUT2D eigenvalue weighted by molar-refractivity contribution is 0.410. The number of aromatic nitrogens is 1. The second-order valence-corrected chi connectivity index (χ2v) is 5.34. The maximum atomic E-state index is 4.77. The quantitative estimate of drug-likeness (QED) is 0.473. The first kappa shape index (κ1) is 15.6. The normalized spacial score (nSPS) is 19.4. The predicted molar refractivity (Wildman–Crippen MR) is 85.6 cm³/mol. The highest BCUT2D eigenvalue weighted by atomic mass is 127. The number of nitrogens with one attached hydrogen (secondary N) is 2. The largest absolute Gasteiger partial charge is 0.364 e. The molecule has 1 atom stereocenters. The lowest BCUT2D eigenvalue weighted by Gasteiger charge is -2.13. The second-order valence-electron chi connectivity index (χ2n) is 3.93. The average Bonchev–Trinajstić information content (AvgIpc) is 3.02. The zero-order valence-corrected chi connectivity index (χ0v) is 13.5. The van der Waals surface area contributed by atoms with Crippen LogP contribution in [0.3, 0.4) is 0 Å². The van der Waals surface area contributed by atoms with Crippen LogP contribution in [0.2, 0.25) is 0 Å². The van der Waals surface area contributed by atoms with Crippen molar-refractivity contribution in [3.8, 4) is 0 Å². The van der Waals surface area contributed by atoms with E-state index in [0.29, 0.717) is 6.54 Å². The molecular weight excluding hydrogens is 363 g/mol. The molecule has 102 valence electrons. The van der Waals surface area contributed by atoms with Crippen molar-refractivity contribution in [1.29, 1.82) is 0 Å². The Balaban J connectivity index is 0.00000162. The Labute approximate surface area is 129 Å². The number of nitrogens with zero attached hydrogens (tertiary/aromatic N) is 2. The monoisotopic (exact) mass is 382 g/mol. The molecule has 18 heavy (non-hydrogen) atoms. The fourth-order valence-corrected chi connectivity index (χ4v) is 2.94. The third kappa shape index (κ3) is 5.05. The van der Waals surface area contributed by atoms with Gasteiger partial charge in [-0.2, -0.15) is 11.8 Å². The van der Waals surface area contributed by atoms with Gasteiger partial charge in [0.15, 0.2) is 5.96 Å². The van der Waals surface area contributed by atoms with Crippen molar-refractivity contribution in [3.05, 3.63) is 18.0 Å². The fourth-order valence-electron chi connectivity index (χ4n) is 1.74. The van der Waals surface area contributed by atoms with Crippen LogP contribution in [-0.4, -0.2) is 35.7 Å². The van der Waals surface area contributed by atoms with Gasteiger partial charge in [0.05, 0.1) is 6.54 Å². The number of thioether (sulfide) groups is 1. The number of halogens is 1. The van der Waals surface area contributed by atoms with Crippen LogP contribution in [0.25, 0.3) is 0 Å². The molecule has 7 heteroatoms. The Hall–Kier alpha value is -0.440. The van der Waals surface area contributed by atoms with Gasteiger partial charge in [-0.05, 0) is 18.6 Å². The summed E-state index contributed by atoms with van der Waals surface area (Å²) in [6.45, 7) is 1.61. The first-order chi connectivity index (χ1) is 8.38. The maximum absolute atomic E-state index is 4.77. The van der Waals surface area contributed by atoms with Crippen molar-refractivity contribution >= 4 is 41.7 Å². The summed E-state index contributed by atoms with van der Waals surface area (Å²) in [4.78, 5) is 4.18. The number of guanidine groups is 1. The number of rotatable bonds is 4. The smallest absolute Gasteiger partial charge is 0.191 e. The van der Waals surface area contributed by atoms with Crippen LogP contribution >= 0.6 is 35.7 Å². The van der Waals surface area contributed by atoms with Crippen LogP contribution in [0.1, 0.15) is 18.5 Å². The topological polar surface area (TPSA) is 62.5 Å². The van der Waals surface area contributed by atoms with Gasteiger partial charge in [0.1, 0.15) is 12.0 Å². The van der Waals surface area contributed by atoms with Gasteiger partial charge in [-0.25, -0.2) is 0 Å². The molecular formula is C11H19IN4OS. The zero-order valence-electron chi connectivity index (χ0n) is 10.4. The van der Waals surface area contributed by atoms with E-state index in [2.05, 4.69) is 20.8 Å². The van der Waals surface area contributed by atoms with Crippen molar-refractivity contribution < 1.29 is 4.52 Å². The molecule has 1 fully saturated rings. The Morgan fingerprint density at radius 1 is 1.61 bits per heavy atom. The summed E-state index contributed by atoms with van der Waals surface area (Å²) in [5, 5.41) is 11.1. The van der Waals surface area contributed by atoms with Gasteiger partial charge < -0.3 is 15.2 Å². The van der Waals surface area contributed by atoms with E-state index in [-0.39, 0.29) is 24.0 Å². The van der Waals surface area contributed by atoms with Gasteiger partial charge in [0, 0.05) is 24.9 Å². The molecule has 1 aromatic heterocycles. The van der Waals surface area contributed by atoms with E-state index in [1.165, 1.54) is 18.6 Å². The summed E-state index contributed by atoms with van der Waals surface area (Å²) >= 11 is 2.04. The van der Waals surface area contributed by atoms with Crippen LogP contribution in [0.15, 0.2) is 21.8 Å². The van der Waals surface area contributed by atoms with Gasteiger partial charge in [-0.1, -0.05) is 5.16 Å². The van der Waals surface area contributed by atoms with E-state index in [0.717, 1.165) is 23.4 Å². The SMILES string of the molecule is CN=C(NCc1ccon1)NCC1CCCS1.I. The highest BCUT2D eigenvalue weighted by Crippen LogP contribution is 2.25. The summed E-state index contributed by atoms with van der Waals surface area (Å²) in [6, 6.07) is 1.84. The number of hydrogen-bond donors (Lipinski definition) is 2. The van der Waals surface area contributed by atoms with E-state index in [9.17, 15) is 0 Å². The predicted octanol–water partition coefficient (Wildman–Crippen LogP) is 1.85. The molecule has 2 N–H and O–H groups in total. The van der Waals surface area contributed by atoms with Crippen LogP contribution < -0.4 is 10.6 Å².